The molecule has 1 aliphatic heterocycles. The number of fused-ring (bicyclic) bond motifs is 1. The Kier molecular flexibility index (Phi) is 6.85. The molecule has 0 aliphatic carbocycles. The first-order chi connectivity index (χ1) is 13.9. The molecule has 0 bridgehead atoms. The van der Waals surface area contributed by atoms with Crippen LogP contribution in [0.15, 0.2) is 47.5 Å². The third-order valence-electron chi connectivity index (χ3n) is 4.44. The van der Waals surface area contributed by atoms with Gasteiger partial charge in [0.1, 0.15) is 11.5 Å². The van der Waals surface area contributed by atoms with Gasteiger partial charge in [0.2, 0.25) is 0 Å². The fraction of sp³-hybridized carbons (Fsp3) is 0.381. The van der Waals surface area contributed by atoms with Gasteiger partial charge in [-0.2, -0.15) is 13.2 Å². The summed E-state index contributed by atoms with van der Waals surface area (Å²) in [5.41, 5.74) is 3.27. The second kappa shape index (κ2) is 9.54. The summed E-state index contributed by atoms with van der Waals surface area (Å²) in [6.45, 7) is 0.561. The van der Waals surface area contributed by atoms with Gasteiger partial charge in [-0.25, -0.2) is 0 Å². The summed E-state index contributed by atoms with van der Waals surface area (Å²) in [6, 6.07) is 12.8. The molecule has 0 amide bonds. The highest BCUT2D eigenvalue weighted by molar-refractivity contribution is 5.79. The van der Waals surface area contributed by atoms with Gasteiger partial charge >= 0.3 is 6.18 Å². The van der Waals surface area contributed by atoms with Crippen molar-refractivity contribution in [3.8, 4) is 11.5 Å². The van der Waals surface area contributed by atoms with Crippen molar-refractivity contribution in [1.29, 1.82) is 0 Å². The Morgan fingerprint density at radius 2 is 2.00 bits per heavy atom. The maximum absolute atomic E-state index is 12.3. The molecule has 1 heterocycles. The van der Waals surface area contributed by atoms with Crippen molar-refractivity contribution in [2.24, 2.45) is 4.99 Å². The number of hydrogen-bond donors (Lipinski definition) is 2. The summed E-state index contributed by atoms with van der Waals surface area (Å²) in [7, 11) is 1.67. The number of rotatable bonds is 7. The zero-order chi connectivity index (χ0) is 20.7. The van der Waals surface area contributed by atoms with Crippen LogP contribution in [0.5, 0.6) is 11.5 Å². The molecule has 0 radical (unpaired) electrons. The van der Waals surface area contributed by atoms with Crippen molar-refractivity contribution in [2.75, 3.05) is 26.8 Å². The van der Waals surface area contributed by atoms with Crippen LogP contribution in [0.3, 0.4) is 0 Å². The van der Waals surface area contributed by atoms with Crippen molar-refractivity contribution in [3.63, 3.8) is 0 Å². The normalized spacial score (nSPS) is 13.6. The number of nitrogens with zero attached hydrogens (tertiary/aromatic N) is 1. The lowest BCUT2D eigenvalue weighted by Crippen LogP contribution is -2.37. The minimum absolute atomic E-state index is 0.185. The molecule has 0 spiro atoms. The van der Waals surface area contributed by atoms with Crippen molar-refractivity contribution in [1.82, 2.24) is 10.6 Å². The Balaban J connectivity index is 1.44. The molecular weight excluding hydrogens is 383 g/mol. The standard InChI is InChI=1S/C21H24F3N3O2/c1-25-20(26-9-7-15-5-6-19-17(11-15)8-10-28-19)27-13-16-3-2-4-18(12-16)29-14-21(22,23)24/h2-6,11-12H,7-10,13-14H2,1H3,(H2,25,26,27). The van der Waals surface area contributed by atoms with Gasteiger partial charge in [0.25, 0.3) is 0 Å². The number of halogens is 3. The molecule has 0 saturated heterocycles. The largest absolute Gasteiger partial charge is 0.493 e. The molecule has 29 heavy (non-hydrogen) atoms. The minimum atomic E-state index is -4.36. The summed E-state index contributed by atoms with van der Waals surface area (Å²) in [5, 5.41) is 6.40. The van der Waals surface area contributed by atoms with E-state index in [9.17, 15) is 13.2 Å². The van der Waals surface area contributed by atoms with Gasteiger partial charge < -0.3 is 20.1 Å². The Morgan fingerprint density at radius 3 is 2.79 bits per heavy atom. The first-order valence-corrected chi connectivity index (χ1v) is 9.40. The molecule has 0 atom stereocenters. The quantitative estimate of drug-likeness (QED) is 0.545. The number of guanidine groups is 1. The molecule has 2 aromatic carbocycles. The van der Waals surface area contributed by atoms with Crippen LogP contribution in [-0.2, 0) is 19.4 Å². The van der Waals surface area contributed by atoms with E-state index in [1.54, 1.807) is 19.2 Å². The van der Waals surface area contributed by atoms with E-state index in [1.807, 2.05) is 12.1 Å². The Hall–Kier alpha value is -2.90. The lowest BCUT2D eigenvalue weighted by Gasteiger charge is -2.13. The molecule has 5 nitrogen and oxygen atoms in total. The van der Waals surface area contributed by atoms with E-state index in [2.05, 4.69) is 27.8 Å². The Labute approximate surface area is 167 Å². The van der Waals surface area contributed by atoms with Crippen LogP contribution >= 0.6 is 0 Å². The zero-order valence-corrected chi connectivity index (χ0v) is 16.2. The molecule has 2 aromatic rings. The van der Waals surface area contributed by atoms with E-state index in [4.69, 9.17) is 9.47 Å². The SMILES string of the molecule is CN=C(NCCc1ccc2c(c1)CCO2)NCc1cccc(OCC(F)(F)F)c1. The summed E-state index contributed by atoms with van der Waals surface area (Å²) in [5.74, 6) is 1.78. The predicted octanol–water partition coefficient (Wildman–Crippen LogP) is 3.47. The lowest BCUT2D eigenvalue weighted by atomic mass is 10.1. The highest BCUT2D eigenvalue weighted by Gasteiger charge is 2.28. The molecule has 156 valence electrons. The van der Waals surface area contributed by atoms with Crippen LogP contribution in [0.25, 0.3) is 0 Å². The molecule has 0 fully saturated rings. The molecule has 2 N–H and O–H groups in total. The fourth-order valence-corrected chi connectivity index (χ4v) is 3.04. The predicted molar refractivity (Wildman–Crippen MR) is 106 cm³/mol. The van der Waals surface area contributed by atoms with Crippen LogP contribution < -0.4 is 20.1 Å². The first-order valence-electron chi connectivity index (χ1n) is 9.40. The second-order valence-corrected chi connectivity index (χ2v) is 6.69. The van der Waals surface area contributed by atoms with E-state index in [-0.39, 0.29) is 5.75 Å². The van der Waals surface area contributed by atoms with Crippen LogP contribution in [0.4, 0.5) is 13.2 Å². The first kappa shape index (κ1) is 20.8. The van der Waals surface area contributed by atoms with Crippen LogP contribution in [0, 0.1) is 0 Å². The minimum Gasteiger partial charge on any atom is -0.493 e. The molecule has 1 aliphatic rings. The van der Waals surface area contributed by atoms with E-state index >= 15 is 0 Å². The summed E-state index contributed by atoms with van der Waals surface area (Å²) in [6.07, 6.45) is -2.56. The maximum Gasteiger partial charge on any atom is 0.422 e. The molecular formula is C21H24F3N3O2. The van der Waals surface area contributed by atoms with E-state index < -0.39 is 12.8 Å². The van der Waals surface area contributed by atoms with Gasteiger partial charge in [0, 0.05) is 26.6 Å². The summed E-state index contributed by atoms with van der Waals surface area (Å²) in [4.78, 5) is 4.18. The fourth-order valence-electron chi connectivity index (χ4n) is 3.04. The highest BCUT2D eigenvalue weighted by atomic mass is 19.4. The smallest absolute Gasteiger partial charge is 0.422 e. The molecule has 0 saturated carbocycles. The average Bonchev–Trinajstić information content (AvgIpc) is 3.16. The summed E-state index contributed by atoms with van der Waals surface area (Å²) >= 11 is 0. The van der Waals surface area contributed by atoms with Crippen molar-refractivity contribution < 1.29 is 22.6 Å². The van der Waals surface area contributed by atoms with Crippen molar-refractivity contribution in [3.05, 3.63) is 59.2 Å². The number of benzene rings is 2. The van der Waals surface area contributed by atoms with Gasteiger partial charge in [0.05, 0.1) is 6.61 Å². The van der Waals surface area contributed by atoms with E-state index in [0.717, 1.165) is 30.8 Å². The monoisotopic (exact) mass is 407 g/mol. The van der Waals surface area contributed by atoms with Crippen molar-refractivity contribution >= 4 is 5.96 Å². The number of ether oxygens (including phenoxy) is 2. The van der Waals surface area contributed by atoms with Crippen LogP contribution in [0.1, 0.15) is 16.7 Å². The number of alkyl halides is 3. The highest BCUT2D eigenvalue weighted by Crippen LogP contribution is 2.25. The lowest BCUT2D eigenvalue weighted by molar-refractivity contribution is -0.153. The van der Waals surface area contributed by atoms with E-state index in [1.165, 1.54) is 17.2 Å². The Morgan fingerprint density at radius 1 is 1.14 bits per heavy atom. The maximum atomic E-state index is 12.3. The zero-order valence-electron chi connectivity index (χ0n) is 16.2. The second-order valence-electron chi connectivity index (χ2n) is 6.69. The average molecular weight is 407 g/mol. The van der Waals surface area contributed by atoms with Gasteiger partial charge in [-0.1, -0.05) is 24.3 Å². The van der Waals surface area contributed by atoms with Crippen LogP contribution in [0.2, 0.25) is 0 Å². The molecule has 3 rings (SSSR count). The molecule has 8 heteroatoms. The van der Waals surface area contributed by atoms with Gasteiger partial charge in [-0.05, 0) is 41.3 Å². The third-order valence-corrected chi connectivity index (χ3v) is 4.44. The Bertz CT molecular complexity index is 853. The van der Waals surface area contributed by atoms with Gasteiger partial charge in [0.15, 0.2) is 12.6 Å². The van der Waals surface area contributed by atoms with Gasteiger partial charge in [-0.15, -0.1) is 0 Å². The molecule has 0 unspecified atom stereocenters. The van der Waals surface area contributed by atoms with Gasteiger partial charge in [-0.3, -0.25) is 4.99 Å². The number of aliphatic imine (C=N–C) groups is 1. The summed E-state index contributed by atoms with van der Waals surface area (Å²) < 4.78 is 47.1. The molecule has 0 aromatic heterocycles. The van der Waals surface area contributed by atoms with E-state index in [0.29, 0.717) is 19.0 Å². The number of hydrogen-bond acceptors (Lipinski definition) is 3. The van der Waals surface area contributed by atoms with Crippen LogP contribution in [-0.4, -0.2) is 38.9 Å². The number of nitrogens with one attached hydrogen (secondary N) is 2. The topological polar surface area (TPSA) is 54.9 Å². The van der Waals surface area contributed by atoms with Crippen molar-refractivity contribution in [2.45, 2.75) is 25.6 Å². The third kappa shape index (κ3) is 6.58.